The molecule has 0 aliphatic heterocycles. The first-order valence-electron chi connectivity index (χ1n) is 8.26. The third-order valence-corrected chi connectivity index (χ3v) is 5.01. The number of hydrogen-bond donors (Lipinski definition) is 0. The molecule has 2 rings (SSSR count). The van der Waals surface area contributed by atoms with Gasteiger partial charge in [-0.05, 0) is 67.1 Å². The van der Waals surface area contributed by atoms with Crippen LogP contribution in [0.5, 0.6) is 5.75 Å². The van der Waals surface area contributed by atoms with Gasteiger partial charge in [-0.25, -0.2) is 0 Å². The third kappa shape index (κ3) is 5.29. The summed E-state index contributed by atoms with van der Waals surface area (Å²) in [5, 5.41) is 0. The molecule has 4 unspecified atom stereocenters. The molecule has 0 saturated heterocycles. The summed E-state index contributed by atoms with van der Waals surface area (Å²) >= 11 is 0. The first kappa shape index (κ1) is 17.9. The van der Waals surface area contributed by atoms with Crippen LogP contribution in [0.25, 0.3) is 0 Å². The van der Waals surface area contributed by atoms with E-state index in [2.05, 4.69) is 25.2 Å². The molecule has 1 fully saturated rings. The number of hydrogen-bond acceptors (Lipinski definition) is 1. The van der Waals surface area contributed by atoms with Crippen molar-refractivity contribution in [1.82, 2.24) is 0 Å². The normalized spacial score (nSPS) is 26.6. The number of allylic oxidation sites excluding steroid dienone is 1. The number of rotatable bonds is 5. The molecule has 0 heterocycles. The summed E-state index contributed by atoms with van der Waals surface area (Å²) in [6.45, 7) is 8.34. The molecule has 23 heavy (non-hydrogen) atoms. The Hall–Kier alpha value is -1.45. The largest absolute Gasteiger partial charge is 0.573 e. The highest BCUT2D eigenvalue weighted by Gasteiger charge is 2.32. The van der Waals surface area contributed by atoms with Crippen LogP contribution < -0.4 is 4.74 Å². The Bertz CT molecular complexity index is 506. The van der Waals surface area contributed by atoms with Gasteiger partial charge < -0.3 is 4.74 Å². The lowest BCUT2D eigenvalue weighted by molar-refractivity contribution is -0.274. The van der Waals surface area contributed by atoms with E-state index in [1.165, 1.54) is 25.0 Å². The smallest absolute Gasteiger partial charge is 0.406 e. The Kier molecular flexibility index (Phi) is 5.77. The first-order chi connectivity index (χ1) is 10.8. The highest BCUT2D eigenvalue weighted by atomic mass is 19.4. The number of alkyl halides is 3. The number of benzene rings is 1. The predicted octanol–water partition coefficient (Wildman–Crippen LogP) is 6.32. The molecule has 0 spiro atoms. The predicted molar refractivity (Wildman–Crippen MR) is 86.3 cm³/mol. The molecule has 1 nitrogen and oxygen atoms in total. The molecule has 4 atom stereocenters. The lowest BCUT2D eigenvalue weighted by Gasteiger charge is -2.35. The van der Waals surface area contributed by atoms with Gasteiger partial charge in [-0.1, -0.05) is 32.1 Å². The van der Waals surface area contributed by atoms with Gasteiger partial charge in [0.1, 0.15) is 5.75 Å². The molecule has 1 saturated carbocycles. The van der Waals surface area contributed by atoms with Gasteiger partial charge in [0.15, 0.2) is 0 Å². The Labute approximate surface area is 136 Å². The van der Waals surface area contributed by atoms with Crippen molar-refractivity contribution in [1.29, 1.82) is 0 Å². The summed E-state index contributed by atoms with van der Waals surface area (Å²) in [6, 6.07) is 6.37. The van der Waals surface area contributed by atoms with Gasteiger partial charge in [-0.3, -0.25) is 0 Å². The van der Waals surface area contributed by atoms with Crippen molar-refractivity contribution in [3.63, 3.8) is 0 Å². The highest BCUT2D eigenvalue weighted by molar-refractivity contribution is 5.30. The minimum Gasteiger partial charge on any atom is -0.406 e. The fraction of sp³-hybridized carbons (Fsp3) is 0.579. The molecule has 0 bridgehead atoms. The first-order valence-corrected chi connectivity index (χ1v) is 8.26. The SMILES string of the molecule is C=CC(C)CC1CCC(c2ccc(OC(F)(F)F)cc2)CC1C. The van der Waals surface area contributed by atoms with E-state index in [1.807, 2.05) is 6.08 Å². The zero-order chi connectivity index (χ0) is 17.0. The maximum atomic E-state index is 12.2. The van der Waals surface area contributed by atoms with Crippen LogP contribution in [0, 0.1) is 17.8 Å². The molecule has 128 valence electrons. The lowest BCUT2D eigenvalue weighted by atomic mass is 9.70. The molecule has 1 aliphatic carbocycles. The minimum absolute atomic E-state index is 0.150. The number of halogens is 3. The van der Waals surface area contributed by atoms with Gasteiger partial charge in [-0.2, -0.15) is 0 Å². The lowest BCUT2D eigenvalue weighted by Crippen LogP contribution is -2.23. The molecular weight excluding hydrogens is 301 g/mol. The van der Waals surface area contributed by atoms with Gasteiger partial charge in [0.25, 0.3) is 0 Å². The second-order valence-electron chi connectivity index (χ2n) is 6.81. The summed E-state index contributed by atoms with van der Waals surface area (Å²) in [7, 11) is 0. The summed E-state index contributed by atoms with van der Waals surface area (Å²) in [5.41, 5.74) is 1.11. The van der Waals surface area contributed by atoms with Crippen LogP contribution in [0.3, 0.4) is 0 Å². The van der Waals surface area contributed by atoms with E-state index in [9.17, 15) is 13.2 Å². The van der Waals surface area contributed by atoms with Crippen LogP contribution in [0.2, 0.25) is 0 Å². The average molecular weight is 326 g/mol. The Morgan fingerprint density at radius 2 is 1.91 bits per heavy atom. The summed E-state index contributed by atoms with van der Waals surface area (Å²) in [4.78, 5) is 0. The average Bonchev–Trinajstić information content (AvgIpc) is 2.48. The summed E-state index contributed by atoms with van der Waals surface area (Å²) in [6.07, 6.45) is 1.92. The highest BCUT2D eigenvalue weighted by Crippen LogP contribution is 2.42. The molecule has 0 radical (unpaired) electrons. The van der Waals surface area contributed by atoms with Crippen LogP contribution in [-0.2, 0) is 0 Å². The topological polar surface area (TPSA) is 9.23 Å². The molecule has 4 heteroatoms. The van der Waals surface area contributed by atoms with Gasteiger partial charge in [0, 0.05) is 0 Å². The quantitative estimate of drug-likeness (QED) is 0.575. The molecule has 1 aromatic rings. The molecule has 1 aliphatic rings. The van der Waals surface area contributed by atoms with Crippen LogP contribution >= 0.6 is 0 Å². The van der Waals surface area contributed by atoms with Crippen LogP contribution in [0.1, 0.15) is 51.0 Å². The van der Waals surface area contributed by atoms with E-state index in [0.717, 1.165) is 18.4 Å². The van der Waals surface area contributed by atoms with E-state index in [-0.39, 0.29) is 5.75 Å². The van der Waals surface area contributed by atoms with Crippen molar-refractivity contribution in [2.75, 3.05) is 0 Å². The summed E-state index contributed by atoms with van der Waals surface area (Å²) in [5.74, 6) is 2.16. The maximum Gasteiger partial charge on any atom is 0.573 e. The monoisotopic (exact) mass is 326 g/mol. The van der Waals surface area contributed by atoms with Gasteiger partial charge >= 0.3 is 6.36 Å². The molecule has 0 N–H and O–H groups in total. The zero-order valence-corrected chi connectivity index (χ0v) is 13.8. The fourth-order valence-electron chi connectivity index (χ4n) is 3.63. The van der Waals surface area contributed by atoms with E-state index in [0.29, 0.717) is 23.7 Å². The van der Waals surface area contributed by atoms with Gasteiger partial charge in [0.05, 0.1) is 0 Å². The van der Waals surface area contributed by atoms with Crippen molar-refractivity contribution in [2.24, 2.45) is 17.8 Å². The van der Waals surface area contributed by atoms with Crippen molar-refractivity contribution in [3.8, 4) is 5.75 Å². The molecular formula is C19H25F3O. The zero-order valence-electron chi connectivity index (χ0n) is 13.8. The van der Waals surface area contributed by atoms with Crippen molar-refractivity contribution < 1.29 is 17.9 Å². The maximum absolute atomic E-state index is 12.2. The van der Waals surface area contributed by atoms with E-state index < -0.39 is 6.36 Å². The number of ether oxygens (including phenoxy) is 1. The van der Waals surface area contributed by atoms with Gasteiger partial charge in [-0.15, -0.1) is 19.8 Å². The van der Waals surface area contributed by atoms with Crippen LogP contribution in [0.4, 0.5) is 13.2 Å². The van der Waals surface area contributed by atoms with Crippen LogP contribution in [-0.4, -0.2) is 6.36 Å². The minimum atomic E-state index is -4.63. The van der Waals surface area contributed by atoms with E-state index in [1.54, 1.807) is 12.1 Å². The van der Waals surface area contributed by atoms with Crippen molar-refractivity contribution in [2.45, 2.75) is 51.8 Å². The van der Waals surface area contributed by atoms with Crippen molar-refractivity contribution in [3.05, 3.63) is 42.5 Å². The van der Waals surface area contributed by atoms with Crippen molar-refractivity contribution >= 4 is 0 Å². The second kappa shape index (κ2) is 7.41. The Balaban J connectivity index is 1.95. The van der Waals surface area contributed by atoms with Crippen LogP contribution in [0.15, 0.2) is 36.9 Å². The Morgan fingerprint density at radius 3 is 2.43 bits per heavy atom. The van der Waals surface area contributed by atoms with Gasteiger partial charge in [0.2, 0.25) is 0 Å². The fourth-order valence-corrected chi connectivity index (χ4v) is 3.63. The molecule has 1 aromatic carbocycles. The second-order valence-corrected chi connectivity index (χ2v) is 6.81. The standard InChI is InChI=1S/C19H25F3O/c1-4-13(2)11-16-5-6-17(12-14(16)3)15-7-9-18(10-8-15)23-19(20,21)22/h4,7-10,13-14,16-17H,1,5-6,11-12H2,2-3H3. The molecule has 0 aromatic heterocycles. The van der Waals surface area contributed by atoms with E-state index in [4.69, 9.17) is 0 Å². The summed E-state index contributed by atoms with van der Waals surface area (Å²) < 4.78 is 40.5. The third-order valence-electron chi connectivity index (χ3n) is 5.01. The Morgan fingerprint density at radius 1 is 1.26 bits per heavy atom. The molecule has 0 amide bonds. The van der Waals surface area contributed by atoms with E-state index >= 15 is 0 Å².